The van der Waals surface area contributed by atoms with Gasteiger partial charge in [-0.25, -0.2) is 0 Å². The summed E-state index contributed by atoms with van der Waals surface area (Å²) in [6, 6.07) is 6.03. The molecule has 1 aromatic heterocycles. The predicted octanol–water partition coefficient (Wildman–Crippen LogP) is 1.55. The molecular weight excluding hydrogens is 202 g/mol. The van der Waals surface area contributed by atoms with Gasteiger partial charge in [0.2, 0.25) is 0 Å². The van der Waals surface area contributed by atoms with Crippen molar-refractivity contribution < 1.29 is 4.74 Å². The first kappa shape index (κ1) is 11.5. The average molecular weight is 221 g/mol. The largest absolute Gasteiger partial charge is 0.378 e. The van der Waals surface area contributed by atoms with E-state index in [0.29, 0.717) is 6.10 Å². The van der Waals surface area contributed by atoms with Gasteiger partial charge in [-0.15, -0.1) is 0 Å². The second kappa shape index (κ2) is 5.94. The van der Waals surface area contributed by atoms with Gasteiger partial charge >= 0.3 is 0 Å². The molecule has 1 saturated heterocycles. The molecule has 4 nitrogen and oxygen atoms in total. The van der Waals surface area contributed by atoms with E-state index in [1.54, 1.807) is 6.20 Å². The maximum Gasteiger partial charge on any atom is 0.0633 e. The molecule has 3 N–H and O–H groups in total. The summed E-state index contributed by atoms with van der Waals surface area (Å²) in [6.07, 6.45) is 6.60. The van der Waals surface area contributed by atoms with Crippen molar-refractivity contribution in [2.24, 2.45) is 5.84 Å². The molecule has 0 spiro atoms. The van der Waals surface area contributed by atoms with Gasteiger partial charge in [0, 0.05) is 12.8 Å². The molecule has 16 heavy (non-hydrogen) atoms. The third kappa shape index (κ3) is 3.01. The highest BCUT2D eigenvalue weighted by Gasteiger charge is 2.18. The molecule has 0 aliphatic carbocycles. The van der Waals surface area contributed by atoms with Crippen molar-refractivity contribution in [3.05, 3.63) is 30.1 Å². The number of hydrogen-bond acceptors (Lipinski definition) is 4. The van der Waals surface area contributed by atoms with Gasteiger partial charge in [0.25, 0.3) is 0 Å². The summed E-state index contributed by atoms with van der Waals surface area (Å²) in [5.41, 5.74) is 3.83. The molecule has 1 aliphatic heterocycles. The highest BCUT2D eigenvalue weighted by Crippen LogP contribution is 2.22. The molecular formula is C12H19N3O. The van der Waals surface area contributed by atoms with Crippen LogP contribution < -0.4 is 11.3 Å². The normalized spacial score (nSPS) is 22.2. The maximum absolute atomic E-state index is 5.59. The van der Waals surface area contributed by atoms with E-state index in [9.17, 15) is 0 Å². The zero-order chi connectivity index (χ0) is 11.2. The van der Waals surface area contributed by atoms with E-state index in [-0.39, 0.29) is 6.04 Å². The van der Waals surface area contributed by atoms with Gasteiger partial charge in [-0.05, 0) is 37.8 Å². The molecule has 88 valence electrons. The zero-order valence-corrected chi connectivity index (χ0v) is 9.43. The molecule has 1 aromatic rings. The summed E-state index contributed by atoms with van der Waals surface area (Å²) in [5.74, 6) is 5.56. The number of nitrogens with zero attached hydrogens (tertiary/aromatic N) is 1. The number of pyridine rings is 1. The number of hydrazine groups is 1. The highest BCUT2D eigenvalue weighted by molar-refractivity contribution is 5.08. The van der Waals surface area contributed by atoms with E-state index in [1.165, 1.54) is 12.8 Å². The molecule has 1 aliphatic rings. The van der Waals surface area contributed by atoms with Gasteiger partial charge in [0.1, 0.15) is 0 Å². The summed E-state index contributed by atoms with van der Waals surface area (Å²) in [7, 11) is 0. The van der Waals surface area contributed by atoms with E-state index < -0.39 is 0 Å². The summed E-state index contributed by atoms with van der Waals surface area (Å²) >= 11 is 0. The Morgan fingerprint density at radius 2 is 2.50 bits per heavy atom. The molecule has 0 amide bonds. The minimum Gasteiger partial charge on any atom is -0.378 e. The maximum atomic E-state index is 5.59. The van der Waals surface area contributed by atoms with Crippen LogP contribution in [0.15, 0.2) is 24.4 Å². The molecule has 1 fully saturated rings. The lowest BCUT2D eigenvalue weighted by atomic mass is 10.0. The molecule has 0 aromatic carbocycles. The third-order valence-electron chi connectivity index (χ3n) is 3.05. The van der Waals surface area contributed by atoms with Crippen LogP contribution in [0.1, 0.15) is 37.4 Å². The van der Waals surface area contributed by atoms with Crippen molar-refractivity contribution in [3.8, 4) is 0 Å². The number of ether oxygens (including phenoxy) is 1. The number of nitrogens with one attached hydrogen (secondary N) is 1. The van der Waals surface area contributed by atoms with E-state index in [0.717, 1.165) is 25.1 Å². The number of aromatic nitrogens is 1. The minimum absolute atomic E-state index is 0.130. The van der Waals surface area contributed by atoms with Crippen LogP contribution in [0.2, 0.25) is 0 Å². The monoisotopic (exact) mass is 221 g/mol. The van der Waals surface area contributed by atoms with Crippen LogP contribution in [-0.4, -0.2) is 17.7 Å². The lowest BCUT2D eigenvalue weighted by Crippen LogP contribution is -2.29. The van der Waals surface area contributed by atoms with Crippen molar-refractivity contribution in [1.29, 1.82) is 0 Å². The number of nitrogens with two attached hydrogens (primary N) is 1. The fourth-order valence-electron chi connectivity index (χ4n) is 2.12. The van der Waals surface area contributed by atoms with Crippen LogP contribution in [0, 0.1) is 0 Å². The Hall–Kier alpha value is -0.970. The van der Waals surface area contributed by atoms with Crippen LogP contribution in [0.4, 0.5) is 0 Å². The molecule has 4 heteroatoms. The van der Waals surface area contributed by atoms with Gasteiger partial charge < -0.3 is 4.74 Å². The summed E-state index contributed by atoms with van der Waals surface area (Å²) in [4.78, 5) is 4.31. The molecule has 2 heterocycles. The Bertz CT molecular complexity index is 298. The van der Waals surface area contributed by atoms with Gasteiger partial charge in [-0.3, -0.25) is 16.3 Å². The summed E-state index contributed by atoms with van der Waals surface area (Å²) in [6.45, 7) is 0.912. The Balaban J connectivity index is 1.85. The Labute approximate surface area is 96.2 Å². The van der Waals surface area contributed by atoms with E-state index >= 15 is 0 Å². The average Bonchev–Trinajstić information content (AvgIpc) is 2.84. The molecule has 2 atom stereocenters. The standard InChI is InChI=1S/C12H19N3O/c13-15-12(11-5-1-2-8-14-11)7-6-10-4-3-9-16-10/h1-2,5,8,10,12,15H,3-4,6-7,9,13H2. The van der Waals surface area contributed by atoms with Gasteiger partial charge in [-0.1, -0.05) is 6.07 Å². The van der Waals surface area contributed by atoms with Crippen LogP contribution in [-0.2, 0) is 4.74 Å². The smallest absolute Gasteiger partial charge is 0.0633 e. The van der Waals surface area contributed by atoms with Crippen molar-refractivity contribution in [1.82, 2.24) is 10.4 Å². The quantitative estimate of drug-likeness (QED) is 0.585. The second-order valence-electron chi connectivity index (χ2n) is 4.19. The van der Waals surface area contributed by atoms with Crippen LogP contribution in [0.3, 0.4) is 0 Å². The van der Waals surface area contributed by atoms with Gasteiger partial charge in [0.15, 0.2) is 0 Å². The molecule has 0 bridgehead atoms. The first-order valence-electron chi connectivity index (χ1n) is 5.89. The lowest BCUT2D eigenvalue weighted by molar-refractivity contribution is 0.0995. The van der Waals surface area contributed by atoms with Gasteiger partial charge in [-0.2, -0.15) is 0 Å². The van der Waals surface area contributed by atoms with Gasteiger partial charge in [0.05, 0.1) is 17.8 Å². The first-order chi connectivity index (χ1) is 7.90. The fourth-order valence-corrected chi connectivity index (χ4v) is 2.12. The Kier molecular flexibility index (Phi) is 4.27. The van der Waals surface area contributed by atoms with E-state index in [2.05, 4.69) is 10.4 Å². The van der Waals surface area contributed by atoms with E-state index in [4.69, 9.17) is 10.6 Å². The molecule has 0 saturated carbocycles. The number of hydrogen-bond donors (Lipinski definition) is 2. The van der Waals surface area contributed by atoms with Crippen LogP contribution in [0.25, 0.3) is 0 Å². The summed E-state index contributed by atoms with van der Waals surface area (Å²) in [5, 5.41) is 0. The molecule has 2 unspecified atom stereocenters. The molecule has 0 radical (unpaired) electrons. The minimum atomic E-state index is 0.130. The Morgan fingerprint density at radius 3 is 3.12 bits per heavy atom. The van der Waals surface area contributed by atoms with Crippen molar-refractivity contribution >= 4 is 0 Å². The zero-order valence-electron chi connectivity index (χ0n) is 9.43. The predicted molar refractivity (Wildman–Crippen MR) is 62.5 cm³/mol. The van der Waals surface area contributed by atoms with Crippen molar-refractivity contribution in [2.75, 3.05) is 6.61 Å². The number of rotatable bonds is 5. The lowest BCUT2D eigenvalue weighted by Gasteiger charge is -2.17. The van der Waals surface area contributed by atoms with Crippen molar-refractivity contribution in [2.45, 2.75) is 37.8 Å². The topological polar surface area (TPSA) is 60.2 Å². The molecule has 2 rings (SSSR count). The van der Waals surface area contributed by atoms with E-state index in [1.807, 2.05) is 18.2 Å². The highest BCUT2D eigenvalue weighted by atomic mass is 16.5. The van der Waals surface area contributed by atoms with Crippen LogP contribution >= 0.6 is 0 Å². The third-order valence-corrected chi connectivity index (χ3v) is 3.05. The van der Waals surface area contributed by atoms with Crippen molar-refractivity contribution in [3.63, 3.8) is 0 Å². The Morgan fingerprint density at radius 1 is 1.56 bits per heavy atom. The SMILES string of the molecule is NNC(CCC1CCCO1)c1ccccn1. The summed E-state index contributed by atoms with van der Waals surface area (Å²) < 4.78 is 5.59. The first-order valence-corrected chi connectivity index (χ1v) is 5.89. The second-order valence-corrected chi connectivity index (χ2v) is 4.19. The van der Waals surface area contributed by atoms with Crippen LogP contribution in [0.5, 0.6) is 0 Å². The fraction of sp³-hybridized carbons (Fsp3) is 0.583.